The van der Waals surface area contributed by atoms with Crippen LogP contribution in [0.2, 0.25) is 0 Å². The maximum absolute atomic E-state index is 6.24. The molecule has 2 fully saturated rings. The monoisotopic (exact) mass is 512 g/mol. The first-order valence-electron chi connectivity index (χ1n) is 13.2. The number of hydrogen-bond acceptors (Lipinski definition) is 7. The van der Waals surface area contributed by atoms with Crippen LogP contribution >= 0.6 is 10.3 Å². The van der Waals surface area contributed by atoms with E-state index >= 15 is 0 Å². The number of hydrogen-bond donors (Lipinski definition) is 3. The quantitative estimate of drug-likeness (QED) is 0.264. The number of nitrogens with one attached hydrogen (secondary N) is 3. The fourth-order valence-electron chi connectivity index (χ4n) is 3.83. The summed E-state index contributed by atoms with van der Waals surface area (Å²) in [6, 6.07) is 4.01. The molecule has 2 aliphatic rings. The maximum Gasteiger partial charge on any atom is 0.229 e. The van der Waals surface area contributed by atoms with Crippen LogP contribution in [0.5, 0.6) is 0 Å². The van der Waals surface area contributed by atoms with E-state index in [1.807, 2.05) is 24.5 Å². The van der Waals surface area contributed by atoms with Gasteiger partial charge in [0.15, 0.2) is 0 Å². The van der Waals surface area contributed by atoms with Gasteiger partial charge >= 0.3 is 0 Å². The van der Waals surface area contributed by atoms with E-state index in [1.54, 1.807) is 0 Å². The minimum absolute atomic E-state index is 0.130. The fraction of sp³-hybridized carbons (Fsp3) is 0.607. The van der Waals surface area contributed by atoms with Crippen molar-refractivity contribution in [3.8, 4) is 0 Å². The molecule has 2 aromatic heterocycles. The lowest BCUT2D eigenvalue weighted by atomic mass is 9.83. The highest BCUT2D eigenvalue weighted by atomic mass is 32.3. The SMILES string of the molecule is C=C(NCCCNc1nc(Nc2ccc(COS(C)(C)C(C)(C)C)nc2)ncc1C1CC1)C1CCC1. The summed E-state index contributed by atoms with van der Waals surface area (Å²) < 4.78 is 6.37. The number of anilines is 3. The molecule has 0 unspecified atom stereocenters. The first-order chi connectivity index (χ1) is 17.1. The van der Waals surface area contributed by atoms with Gasteiger partial charge in [-0.3, -0.25) is 4.98 Å². The van der Waals surface area contributed by atoms with Crippen LogP contribution in [0.15, 0.2) is 36.8 Å². The Morgan fingerprint density at radius 2 is 1.86 bits per heavy atom. The van der Waals surface area contributed by atoms with Crippen molar-refractivity contribution in [1.29, 1.82) is 0 Å². The van der Waals surface area contributed by atoms with Gasteiger partial charge in [0.1, 0.15) is 12.4 Å². The van der Waals surface area contributed by atoms with E-state index in [2.05, 4.69) is 65.8 Å². The number of rotatable bonds is 13. The number of allylic oxidation sites excluding steroid dienone is 1. The molecule has 0 spiro atoms. The van der Waals surface area contributed by atoms with Gasteiger partial charge in [0, 0.05) is 35.3 Å². The van der Waals surface area contributed by atoms with Gasteiger partial charge in [0.05, 0.1) is 17.6 Å². The molecule has 0 bridgehead atoms. The number of aromatic nitrogens is 3. The van der Waals surface area contributed by atoms with Crippen LogP contribution in [0.3, 0.4) is 0 Å². The lowest BCUT2D eigenvalue weighted by Crippen LogP contribution is -2.26. The average Bonchev–Trinajstić information content (AvgIpc) is 3.62. The molecule has 0 aromatic carbocycles. The fourth-order valence-corrected chi connectivity index (χ4v) is 4.60. The van der Waals surface area contributed by atoms with E-state index in [9.17, 15) is 0 Å². The van der Waals surface area contributed by atoms with Crippen molar-refractivity contribution in [1.82, 2.24) is 20.3 Å². The molecule has 0 aliphatic heterocycles. The first-order valence-corrected chi connectivity index (χ1v) is 15.6. The molecule has 2 saturated carbocycles. The molecule has 4 rings (SSSR count). The normalized spacial score (nSPS) is 16.8. The van der Waals surface area contributed by atoms with Crippen LogP contribution in [-0.2, 0) is 10.8 Å². The van der Waals surface area contributed by atoms with Gasteiger partial charge in [-0.2, -0.15) is 4.98 Å². The summed E-state index contributed by atoms with van der Waals surface area (Å²) in [4.78, 5) is 14.0. The third kappa shape index (κ3) is 7.13. The topological polar surface area (TPSA) is 84.0 Å². The summed E-state index contributed by atoms with van der Waals surface area (Å²) in [5.74, 6) is 2.79. The highest BCUT2D eigenvalue weighted by Gasteiger charge is 2.29. The van der Waals surface area contributed by atoms with Gasteiger partial charge in [0.2, 0.25) is 5.95 Å². The Labute approximate surface area is 218 Å². The van der Waals surface area contributed by atoms with Crippen LogP contribution in [0.25, 0.3) is 0 Å². The smallest absolute Gasteiger partial charge is 0.229 e. The van der Waals surface area contributed by atoms with Crippen molar-refractivity contribution >= 4 is 27.8 Å². The predicted octanol–water partition coefficient (Wildman–Crippen LogP) is 6.49. The molecule has 0 radical (unpaired) electrons. The van der Waals surface area contributed by atoms with Gasteiger partial charge in [0.25, 0.3) is 0 Å². The summed E-state index contributed by atoms with van der Waals surface area (Å²) >= 11 is 0. The Kier molecular flexibility index (Phi) is 8.45. The zero-order valence-electron chi connectivity index (χ0n) is 22.7. The van der Waals surface area contributed by atoms with Gasteiger partial charge in [-0.15, -0.1) is 10.3 Å². The van der Waals surface area contributed by atoms with E-state index in [0.29, 0.717) is 24.4 Å². The van der Waals surface area contributed by atoms with Gasteiger partial charge < -0.3 is 20.1 Å². The largest absolute Gasteiger partial charge is 0.389 e. The second-order valence-electron chi connectivity index (χ2n) is 11.4. The van der Waals surface area contributed by atoms with Crippen molar-refractivity contribution in [3.63, 3.8) is 0 Å². The maximum atomic E-state index is 6.24. The van der Waals surface area contributed by atoms with Crippen LogP contribution in [-0.4, -0.2) is 45.3 Å². The van der Waals surface area contributed by atoms with E-state index in [4.69, 9.17) is 9.17 Å². The summed E-state index contributed by atoms with van der Waals surface area (Å²) in [5, 5.41) is 10.4. The molecule has 36 heavy (non-hydrogen) atoms. The molecule has 0 atom stereocenters. The van der Waals surface area contributed by atoms with Gasteiger partial charge in [-0.1, -0.05) is 33.8 Å². The minimum atomic E-state index is -1.17. The lowest BCUT2D eigenvalue weighted by molar-refractivity contribution is 0.333. The molecular formula is C28H44N6OS. The molecule has 0 saturated heterocycles. The molecule has 198 valence electrons. The molecule has 3 N–H and O–H groups in total. The molecule has 2 heterocycles. The Bertz CT molecular complexity index is 1030. The highest BCUT2D eigenvalue weighted by Crippen LogP contribution is 2.54. The first kappa shape index (κ1) is 26.7. The second kappa shape index (κ2) is 11.4. The second-order valence-corrected chi connectivity index (χ2v) is 15.3. The molecule has 2 aliphatic carbocycles. The van der Waals surface area contributed by atoms with Crippen LogP contribution in [0.1, 0.15) is 76.5 Å². The van der Waals surface area contributed by atoms with Crippen molar-refractivity contribution in [2.45, 2.75) is 76.6 Å². The Morgan fingerprint density at radius 1 is 1.08 bits per heavy atom. The zero-order chi connectivity index (χ0) is 25.8. The Morgan fingerprint density at radius 3 is 2.47 bits per heavy atom. The predicted molar refractivity (Wildman–Crippen MR) is 153 cm³/mol. The summed E-state index contributed by atoms with van der Waals surface area (Å²) in [7, 11) is -1.17. The van der Waals surface area contributed by atoms with Crippen molar-refractivity contribution in [2.75, 3.05) is 36.2 Å². The number of nitrogens with zero attached hydrogens (tertiary/aromatic N) is 3. The van der Waals surface area contributed by atoms with E-state index in [-0.39, 0.29) is 4.75 Å². The molecule has 8 heteroatoms. The molecular weight excluding hydrogens is 468 g/mol. The molecule has 0 amide bonds. The van der Waals surface area contributed by atoms with Crippen LogP contribution in [0, 0.1) is 5.92 Å². The Balaban J connectivity index is 1.29. The average molecular weight is 513 g/mol. The third-order valence-corrected chi connectivity index (χ3v) is 11.1. The molecule has 7 nitrogen and oxygen atoms in total. The minimum Gasteiger partial charge on any atom is -0.389 e. The Hall–Kier alpha value is -2.32. The van der Waals surface area contributed by atoms with Crippen molar-refractivity contribution < 1.29 is 4.18 Å². The van der Waals surface area contributed by atoms with E-state index in [0.717, 1.165) is 36.7 Å². The molecule has 2 aromatic rings. The lowest BCUT2D eigenvalue weighted by Gasteiger charge is -2.43. The van der Waals surface area contributed by atoms with E-state index < -0.39 is 10.3 Å². The zero-order valence-corrected chi connectivity index (χ0v) is 23.5. The van der Waals surface area contributed by atoms with Crippen LogP contribution < -0.4 is 16.0 Å². The number of pyridine rings is 1. The highest BCUT2D eigenvalue weighted by molar-refractivity contribution is 8.29. The van der Waals surface area contributed by atoms with Gasteiger partial charge in [-0.05, 0) is 68.6 Å². The third-order valence-electron chi connectivity index (χ3n) is 7.49. The standard InChI is InChI=1S/C28H44N6OS/c1-20(21-9-7-10-21)29-15-8-16-30-26-25(22-11-12-22)18-32-27(34-26)33-23-13-14-24(31-17-23)19-35-36(5,6)28(2,3)4/h13-14,17-18,21-22,29H,1,7-12,15-16,19H2,2-6H3,(H2,30,32,33,34). The summed E-state index contributed by atoms with van der Waals surface area (Å²) in [6.45, 7) is 13.2. The van der Waals surface area contributed by atoms with E-state index in [1.165, 1.54) is 43.4 Å². The van der Waals surface area contributed by atoms with Gasteiger partial charge in [-0.25, -0.2) is 4.98 Å². The summed E-state index contributed by atoms with van der Waals surface area (Å²) in [5.41, 5.74) is 4.22. The van der Waals surface area contributed by atoms with Crippen molar-refractivity contribution in [2.24, 2.45) is 5.92 Å². The van der Waals surface area contributed by atoms with Crippen molar-refractivity contribution in [3.05, 3.63) is 48.1 Å². The summed E-state index contributed by atoms with van der Waals surface area (Å²) in [6.07, 6.45) is 15.6. The van der Waals surface area contributed by atoms with Crippen LogP contribution in [0.4, 0.5) is 17.5 Å².